The third-order valence-corrected chi connectivity index (χ3v) is 3.17. The Balaban J connectivity index is 2.19. The standard InChI is InChI=1S/C16H15N3/c1-11(2)16-13(4-3-7-19-16)12-5-6-14-15(10-12)18-9-8-17-14/h3-11H,1-2H3. The summed E-state index contributed by atoms with van der Waals surface area (Å²) in [4.78, 5) is 13.2. The fourth-order valence-corrected chi connectivity index (χ4v) is 2.25. The lowest BCUT2D eigenvalue weighted by Crippen LogP contribution is -1.96. The molecule has 0 spiro atoms. The summed E-state index contributed by atoms with van der Waals surface area (Å²) >= 11 is 0. The van der Waals surface area contributed by atoms with Crippen LogP contribution in [0.5, 0.6) is 0 Å². The Morgan fingerprint density at radius 3 is 2.42 bits per heavy atom. The van der Waals surface area contributed by atoms with Crippen LogP contribution in [0.4, 0.5) is 0 Å². The van der Waals surface area contributed by atoms with Gasteiger partial charge in [-0.25, -0.2) is 0 Å². The van der Waals surface area contributed by atoms with E-state index in [1.165, 1.54) is 5.56 Å². The fraction of sp³-hybridized carbons (Fsp3) is 0.188. The van der Waals surface area contributed by atoms with Gasteiger partial charge in [-0.3, -0.25) is 15.0 Å². The van der Waals surface area contributed by atoms with Crippen LogP contribution >= 0.6 is 0 Å². The molecular formula is C16H15N3. The second-order valence-electron chi connectivity index (χ2n) is 4.85. The van der Waals surface area contributed by atoms with Crippen LogP contribution in [0.3, 0.4) is 0 Å². The first-order valence-corrected chi connectivity index (χ1v) is 6.42. The summed E-state index contributed by atoms with van der Waals surface area (Å²) < 4.78 is 0. The second-order valence-corrected chi connectivity index (χ2v) is 4.85. The highest BCUT2D eigenvalue weighted by Crippen LogP contribution is 2.28. The van der Waals surface area contributed by atoms with Crippen LogP contribution in [-0.4, -0.2) is 15.0 Å². The molecule has 0 aliphatic carbocycles. The van der Waals surface area contributed by atoms with Crippen LogP contribution in [0.1, 0.15) is 25.5 Å². The molecule has 1 aromatic carbocycles. The molecule has 0 saturated carbocycles. The number of aromatic nitrogens is 3. The molecule has 0 saturated heterocycles. The SMILES string of the molecule is CC(C)c1ncccc1-c1ccc2nccnc2c1. The van der Waals surface area contributed by atoms with Gasteiger partial charge in [-0.05, 0) is 29.7 Å². The van der Waals surface area contributed by atoms with Gasteiger partial charge in [-0.2, -0.15) is 0 Å². The summed E-state index contributed by atoms with van der Waals surface area (Å²) in [5, 5.41) is 0. The molecule has 94 valence electrons. The Kier molecular flexibility index (Phi) is 2.95. The highest BCUT2D eigenvalue weighted by Gasteiger charge is 2.10. The average Bonchev–Trinajstić information content (AvgIpc) is 2.46. The van der Waals surface area contributed by atoms with Crippen molar-refractivity contribution in [1.29, 1.82) is 0 Å². The van der Waals surface area contributed by atoms with E-state index in [0.29, 0.717) is 5.92 Å². The minimum Gasteiger partial charge on any atom is -0.260 e. The van der Waals surface area contributed by atoms with E-state index in [0.717, 1.165) is 22.3 Å². The van der Waals surface area contributed by atoms with E-state index in [1.807, 2.05) is 18.3 Å². The van der Waals surface area contributed by atoms with Crippen LogP contribution in [0.25, 0.3) is 22.2 Å². The van der Waals surface area contributed by atoms with Crippen molar-refractivity contribution in [2.75, 3.05) is 0 Å². The van der Waals surface area contributed by atoms with Gasteiger partial charge < -0.3 is 0 Å². The van der Waals surface area contributed by atoms with Gasteiger partial charge in [0.05, 0.1) is 16.7 Å². The first-order valence-electron chi connectivity index (χ1n) is 6.42. The lowest BCUT2D eigenvalue weighted by Gasteiger charge is -2.11. The molecular weight excluding hydrogens is 234 g/mol. The minimum atomic E-state index is 0.397. The molecule has 3 rings (SSSR count). The van der Waals surface area contributed by atoms with Crippen molar-refractivity contribution in [2.24, 2.45) is 0 Å². The Morgan fingerprint density at radius 2 is 1.63 bits per heavy atom. The van der Waals surface area contributed by atoms with E-state index in [-0.39, 0.29) is 0 Å². The van der Waals surface area contributed by atoms with Crippen LogP contribution < -0.4 is 0 Å². The van der Waals surface area contributed by atoms with Gasteiger partial charge in [0.25, 0.3) is 0 Å². The quantitative estimate of drug-likeness (QED) is 0.693. The topological polar surface area (TPSA) is 38.7 Å². The lowest BCUT2D eigenvalue weighted by atomic mass is 9.97. The number of hydrogen-bond acceptors (Lipinski definition) is 3. The minimum absolute atomic E-state index is 0.397. The van der Waals surface area contributed by atoms with Gasteiger partial charge in [0.1, 0.15) is 0 Å². The molecule has 0 amide bonds. The predicted octanol–water partition coefficient (Wildman–Crippen LogP) is 3.82. The van der Waals surface area contributed by atoms with E-state index < -0.39 is 0 Å². The number of nitrogens with zero attached hydrogens (tertiary/aromatic N) is 3. The second kappa shape index (κ2) is 4.76. The summed E-state index contributed by atoms with van der Waals surface area (Å²) in [6.45, 7) is 4.32. The van der Waals surface area contributed by atoms with Crippen molar-refractivity contribution < 1.29 is 0 Å². The zero-order chi connectivity index (χ0) is 13.2. The van der Waals surface area contributed by atoms with Crippen LogP contribution in [-0.2, 0) is 0 Å². The molecule has 0 unspecified atom stereocenters. The van der Waals surface area contributed by atoms with Gasteiger partial charge in [0, 0.05) is 24.2 Å². The third kappa shape index (κ3) is 2.19. The average molecular weight is 249 g/mol. The fourth-order valence-electron chi connectivity index (χ4n) is 2.25. The number of rotatable bonds is 2. The number of fused-ring (bicyclic) bond motifs is 1. The molecule has 0 radical (unpaired) electrons. The number of pyridine rings is 1. The smallest absolute Gasteiger partial charge is 0.0892 e. The van der Waals surface area contributed by atoms with Gasteiger partial charge >= 0.3 is 0 Å². The van der Waals surface area contributed by atoms with Crippen LogP contribution in [0.15, 0.2) is 48.9 Å². The normalized spacial score (nSPS) is 11.1. The molecule has 0 aliphatic rings. The number of hydrogen-bond donors (Lipinski definition) is 0. The summed E-state index contributed by atoms with van der Waals surface area (Å²) in [6, 6.07) is 10.3. The zero-order valence-electron chi connectivity index (χ0n) is 11.0. The molecule has 0 atom stereocenters. The third-order valence-electron chi connectivity index (χ3n) is 3.17. The molecule has 19 heavy (non-hydrogen) atoms. The zero-order valence-corrected chi connectivity index (χ0v) is 11.0. The first-order chi connectivity index (χ1) is 9.25. The van der Waals surface area contributed by atoms with E-state index in [1.54, 1.807) is 12.4 Å². The van der Waals surface area contributed by atoms with Gasteiger partial charge in [-0.15, -0.1) is 0 Å². The maximum Gasteiger partial charge on any atom is 0.0892 e. The molecule has 2 aromatic heterocycles. The van der Waals surface area contributed by atoms with Crippen molar-refractivity contribution in [3.05, 3.63) is 54.6 Å². The van der Waals surface area contributed by atoms with E-state index >= 15 is 0 Å². The molecule has 0 N–H and O–H groups in total. The van der Waals surface area contributed by atoms with E-state index in [4.69, 9.17) is 0 Å². The Hall–Kier alpha value is -2.29. The number of benzene rings is 1. The lowest BCUT2D eigenvalue weighted by molar-refractivity contribution is 0.826. The van der Waals surface area contributed by atoms with Crippen molar-refractivity contribution in [3.8, 4) is 11.1 Å². The monoisotopic (exact) mass is 249 g/mol. The highest BCUT2D eigenvalue weighted by atomic mass is 14.8. The van der Waals surface area contributed by atoms with Gasteiger partial charge in [0.15, 0.2) is 0 Å². The van der Waals surface area contributed by atoms with Crippen molar-refractivity contribution in [3.63, 3.8) is 0 Å². The van der Waals surface area contributed by atoms with Crippen LogP contribution in [0, 0.1) is 0 Å². The summed E-state index contributed by atoms with van der Waals surface area (Å²) in [5.41, 5.74) is 5.26. The largest absolute Gasteiger partial charge is 0.260 e. The Labute approximate surface area is 112 Å². The van der Waals surface area contributed by atoms with E-state index in [2.05, 4.69) is 47.0 Å². The summed E-state index contributed by atoms with van der Waals surface area (Å²) in [5.74, 6) is 0.397. The van der Waals surface area contributed by atoms with Gasteiger partial charge in [-0.1, -0.05) is 26.0 Å². The molecule has 3 heteroatoms. The maximum atomic E-state index is 4.50. The van der Waals surface area contributed by atoms with Crippen molar-refractivity contribution >= 4 is 11.0 Å². The Morgan fingerprint density at radius 1 is 0.842 bits per heavy atom. The summed E-state index contributed by atoms with van der Waals surface area (Å²) in [7, 11) is 0. The molecule has 0 aliphatic heterocycles. The molecule has 3 aromatic rings. The maximum absolute atomic E-state index is 4.50. The molecule has 0 bridgehead atoms. The van der Waals surface area contributed by atoms with Gasteiger partial charge in [0.2, 0.25) is 0 Å². The Bertz CT molecular complexity index is 720. The summed E-state index contributed by atoms with van der Waals surface area (Å²) in [6.07, 6.45) is 5.28. The molecule has 2 heterocycles. The molecule has 0 fully saturated rings. The predicted molar refractivity (Wildman–Crippen MR) is 76.9 cm³/mol. The van der Waals surface area contributed by atoms with E-state index in [9.17, 15) is 0 Å². The first kappa shape index (κ1) is 11.8. The van der Waals surface area contributed by atoms with Crippen LogP contribution in [0.2, 0.25) is 0 Å². The highest BCUT2D eigenvalue weighted by molar-refractivity contribution is 5.81. The van der Waals surface area contributed by atoms with Crippen molar-refractivity contribution in [2.45, 2.75) is 19.8 Å². The van der Waals surface area contributed by atoms with Crippen molar-refractivity contribution in [1.82, 2.24) is 15.0 Å². The molecule has 3 nitrogen and oxygen atoms in total.